The van der Waals surface area contributed by atoms with E-state index in [0.29, 0.717) is 23.5 Å². The first kappa shape index (κ1) is 26.6. The molecule has 3 aromatic carbocycles. The number of nitrogens with one attached hydrogen (secondary N) is 2. The Morgan fingerprint density at radius 2 is 1.56 bits per heavy atom. The van der Waals surface area contributed by atoms with E-state index in [0.717, 1.165) is 21.0 Å². The van der Waals surface area contributed by atoms with Crippen molar-refractivity contribution in [1.82, 2.24) is 5.43 Å². The van der Waals surface area contributed by atoms with Crippen LogP contribution >= 0.6 is 0 Å². The summed E-state index contributed by atoms with van der Waals surface area (Å²) in [7, 11) is -4.01. The summed E-state index contributed by atoms with van der Waals surface area (Å²) in [5.74, 6) is -0.749. The minimum absolute atomic E-state index is 0.103. The molecule has 0 unspecified atom stereocenters. The van der Waals surface area contributed by atoms with E-state index < -0.39 is 22.5 Å². The molecule has 0 spiro atoms. The van der Waals surface area contributed by atoms with Gasteiger partial charge in [0.1, 0.15) is 6.54 Å². The molecule has 0 radical (unpaired) electrons. The highest BCUT2D eigenvalue weighted by Crippen LogP contribution is 2.27. The Kier molecular flexibility index (Phi) is 8.60. The Hall–Kier alpha value is -3.98. The first-order valence-corrected chi connectivity index (χ1v) is 12.9. The standard InChI is InChI=1S/C27H30N4O4S/c1-5-22-8-6-7-9-26(22)31(36(34,35)25-16-10-19(2)11-17-25)18-27(33)30-29-20(3)23-12-14-24(15-13-23)28-21(4)32/h6-17H,5,18H2,1-4H3,(H,28,32)(H,30,33)/b29-20-. The molecule has 0 atom stereocenters. The summed E-state index contributed by atoms with van der Waals surface area (Å²) in [6.07, 6.45) is 0.601. The molecule has 188 valence electrons. The molecule has 0 aliphatic heterocycles. The van der Waals surface area contributed by atoms with Gasteiger partial charge in [-0.1, -0.05) is 55.0 Å². The molecular formula is C27H30N4O4S. The summed E-state index contributed by atoms with van der Waals surface area (Å²) >= 11 is 0. The van der Waals surface area contributed by atoms with Gasteiger partial charge in [-0.15, -0.1) is 0 Å². The average molecular weight is 507 g/mol. The molecule has 0 fully saturated rings. The molecule has 9 heteroatoms. The summed E-state index contributed by atoms with van der Waals surface area (Å²) < 4.78 is 28.3. The number of anilines is 2. The van der Waals surface area contributed by atoms with Gasteiger partial charge in [-0.25, -0.2) is 13.8 Å². The maximum Gasteiger partial charge on any atom is 0.264 e. The Balaban J connectivity index is 1.85. The highest BCUT2D eigenvalue weighted by molar-refractivity contribution is 7.92. The van der Waals surface area contributed by atoms with Crippen LogP contribution in [0.2, 0.25) is 0 Å². The number of amides is 2. The second-order valence-electron chi connectivity index (χ2n) is 8.30. The highest BCUT2D eigenvalue weighted by atomic mass is 32.2. The molecule has 8 nitrogen and oxygen atoms in total. The third kappa shape index (κ3) is 6.57. The summed E-state index contributed by atoms with van der Waals surface area (Å²) in [4.78, 5) is 24.2. The van der Waals surface area contributed by atoms with E-state index in [2.05, 4.69) is 15.8 Å². The van der Waals surface area contributed by atoms with Crippen LogP contribution in [0, 0.1) is 6.92 Å². The van der Waals surface area contributed by atoms with Crippen molar-refractivity contribution >= 4 is 38.9 Å². The fraction of sp³-hybridized carbons (Fsp3) is 0.222. The van der Waals surface area contributed by atoms with Crippen molar-refractivity contribution in [2.45, 2.75) is 39.0 Å². The Morgan fingerprint density at radius 1 is 0.917 bits per heavy atom. The smallest absolute Gasteiger partial charge is 0.264 e. The van der Waals surface area contributed by atoms with Gasteiger partial charge >= 0.3 is 0 Å². The molecule has 3 rings (SSSR count). The molecule has 36 heavy (non-hydrogen) atoms. The van der Waals surface area contributed by atoms with E-state index >= 15 is 0 Å². The van der Waals surface area contributed by atoms with E-state index in [1.165, 1.54) is 19.1 Å². The number of nitrogens with zero attached hydrogens (tertiary/aromatic N) is 2. The molecule has 0 aliphatic carbocycles. The number of hydrazone groups is 1. The monoisotopic (exact) mass is 506 g/mol. The second kappa shape index (κ2) is 11.6. The lowest BCUT2D eigenvalue weighted by Gasteiger charge is -2.26. The SMILES string of the molecule is CCc1ccccc1N(CC(=O)N/N=C(/C)c1ccc(NC(C)=O)cc1)S(=O)(=O)c1ccc(C)cc1. The summed E-state index contributed by atoms with van der Waals surface area (Å²) in [6, 6.07) is 20.6. The third-order valence-electron chi connectivity index (χ3n) is 5.51. The van der Waals surface area contributed by atoms with Crippen LogP contribution in [0.1, 0.15) is 37.5 Å². The number of carbonyl (C=O) groups is 2. The van der Waals surface area contributed by atoms with Gasteiger partial charge in [0.15, 0.2) is 0 Å². The number of sulfonamides is 1. The van der Waals surface area contributed by atoms with E-state index in [1.807, 2.05) is 26.0 Å². The third-order valence-corrected chi connectivity index (χ3v) is 7.28. The Morgan fingerprint density at radius 3 is 2.17 bits per heavy atom. The molecule has 2 amide bonds. The van der Waals surface area contributed by atoms with E-state index in [1.54, 1.807) is 55.5 Å². The number of carbonyl (C=O) groups excluding carboxylic acids is 2. The minimum atomic E-state index is -4.01. The van der Waals surface area contributed by atoms with Crippen LogP contribution in [0.4, 0.5) is 11.4 Å². The van der Waals surface area contributed by atoms with Gasteiger partial charge in [0, 0.05) is 12.6 Å². The van der Waals surface area contributed by atoms with E-state index in [-0.39, 0.29) is 10.8 Å². The average Bonchev–Trinajstić information content (AvgIpc) is 2.86. The van der Waals surface area contributed by atoms with E-state index in [4.69, 9.17) is 0 Å². The van der Waals surface area contributed by atoms with Crippen LogP contribution in [-0.2, 0) is 26.0 Å². The van der Waals surface area contributed by atoms with Crippen molar-refractivity contribution in [3.8, 4) is 0 Å². The predicted molar refractivity (Wildman–Crippen MR) is 143 cm³/mol. The first-order chi connectivity index (χ1) is 17.1. The van der Waals surface area contributed by atoms with Gasteiger partial charge in [-0.2, -0.15) is 5.10 Å². The van der Waals surface area contributed by atoms with Crippen molar-refractivity contribution in [3.63, 3.8) is 0 Å². The van der Waals surface area contributed by atoms with Gasteiger partial charge in [0.2, 0.25) is 5.91 Å². The lowest BCUT2D eigenvalue weighted by molar-refractivity contribution is -0.119. The van der Waals surface area contributed by atoms with Crippen LogP contribution in [0.3, 0.4) is 0 Å². The normalized spacial score (nSPS) is 11.6. The second-order valence-corrected chi connectivity index (χ2v) is 10.2. The minimum Gasteiger partial charge on any atom is -0.326 e. The quantitative estimate of drug-likeness (QED) is 0.334. The highest BCUT2D eigenvalue weighted by Gasteiger charge is 2.28. The fourth-order valence-electron chi connectivity index (χ4n) is 3.56. The molecule has 2 N–H and O–H groups in total. The molecule has 0 aliphatic rings. The Bertz CT molecular complexity index is 1370. The van der Waals surface area contributed by atoms with Crippen molar-refractivity contribution in [3.05, 3.63) is 89.5 Å². The molecule has 0 saturated heterocycles. The van der Waals surface area contributed by atoms with Gasteiger partial charge in [0.05, 0.1) is 16.3 Å². The number of para-hydroxylation sites is 1. The van der Waals surface area contributed by atoms with Gasteiger partial charge in [-0.05, 0) is 61.7 Å². The lowest BCUT2D eigenvalue weighted by Crippen LogP contribution is -2.40. The van der Waals surface area contributed by atoms with Crippen LogP contribution in [0.15, 0.2) is 82.8 Å². The molecule has 0 saturated carbocycles. The van der Waals surface area contributed by atoms with Crippen molar-refractivity contribution in [1.29, 1.82) is 0 Å². The largest absolute Gasteiger partial charge is 0.326 e. The topological polar surface area (TPSA) is 108 Å². The summed E-state index contributed by atoms with van der Waals surface area (Å²) in [6.45, 7) is 6.52. The van der Waals surface area contributed by atoms with Crippen molar-refractivity contribution in [2.75, 3.05) is 16.2 Å². The van der Waals surface area contributed by atoms with Gasteiger partial charge in [-0.3, -0.25) is 13.9 Å². The summed E-state index contributed by atoms with van der Waals surface area (Å²) in [5.41, 5.74) is 6.57. The molecule has 3 aromatic rings. The van der Waals surface area contributed by atoms with Gasteiger partial charge in [0.25, 0.3) is 15.9 Å². The van der Waals surface area contributed by atoms with Gasteiger partial charge < -0.3 is 5.32 Å². The van der Waals surface area contributed by atoms with Crippen LogP contribution in [0.5, 0.6) is 0 Å². The first-order valence-electron chi connectivity index (χ1n) is 11.5. The fourth-order valence-corrected chi connectivity index (χ4v) is 5.02. The van der Waals surface area contributed by atoms with E-state index in [9.17, 15) is 18.0 Å². The molecule has 0 heterocycles. The zero-order valence-electron chi connectivity index (χ0n) is 20.8. The molecule has 0 bridgehead atoms. The number of hydrogen-bond acceptors (Lipinski definition) is 5. The lowest BCUT2D eigenvalue weighted by atomic mass is 10.1. The molecular weight excluding hydrogens is 476 g/mol. The van der Waals surface area contributed by atoms with Crippen molar-refractivity contribution < 1.29 is 18.0 Å². The maximum atomic E-state index is 13.6. The van der Waals surface area contributed by atoms with Crippen LogP contribution in [0.25, 0.3) is 0 Å². The zero-order valence-corrected chi connectivity index (χ0v) is 21.6. The summed E-state index contributed by atoms with van der Waals surface area (Å²) in [5, 5.41) is 6.84. The number of benzene rings is 3. The number of hydrogen-bond donors (Lipinski definition) is 2. The number of rotatable bonds is 9. The van der Waals surface area contributed by atoms with Crippen LogP contribution in [-0.4, -0.2) is 32.5 Å². The molecule has 0 aromatic heterocycles. The maximum absolute atomic E-state index is 13.6. The number of aryl methyl sites for hydroxylation is 2. The van der Waals surface area contributed by atoms with Crippen molar-refractivity contribution in [2.24, 2.45) is 5.10 Å². The van der Waals surface area contributed by atoms with Crippen LogP contribution < -0.4 is 15.0 Å². The predicted octanol–water partition coefficient (Wildman–Crippen LogP) is 4.25. The zero-order chi connectivity index (χ0) is 26.3. The Labute approximate surface area is 212 Å².